The van der Waals surface area contributed by atoms with Crippen LogP contribution in [0.25, 0.3) is 22.2 Å². The van der Waals surface area contributed by atoms with Crippen molar-refractivity contribution in [2.75, 3.05) is 23.8 Å². The quantitative estimate of drug-likeness (QED) is 0.289. The van der Waals surface area contributed by atoms with Crippen LogP contribution in [0.15, 0.2) is 85.3 Å². The van der Waals surface area contributed by atoms with E-state index in [0.717, 1.165) is 46.5 Å². The van der Waals surface area contributed by atoms with Gasteiger partial charge in [0.15, 0.2) is 0 Å². The average molecular weight is 492 g/mol. The SMILES string of the molecule is C[C@@H](Cc1cccc(CCN)c1)Nc1nccc(N(C)c2cc(-c3ccccc3)c3ncn(C)c3c2)n1. The minimum Gasteiger partial charge on any atom is -0.351 e. The van der Waals surface area contributed by atoms with Crippen LogP contribution in [0.4, 0.5) is 17.5 Å². The third-order valence-electron chi connectivity index (χ3n) is 6.61. The fourth-order valence-electron chi connectivity index (χ4n) is 4.69. The number of fused-ring (bicyclic) bond motifs is 1. The van der Waals surface area contributed by atoms with E-state index in [0.29, 0.717) is 12.5 Å². The first-order valence-electron chi connectivity index (χ1n) is 12.6. The second-order valence-electron chi connectivity index (χ2n) is 9.49. The summed E-state index contributed by atoms with van der Waals surface area (Å²) >= 11 is 0. The van der Waals surface area contributed by atoms with Crippen LogP contribution in [0, 0.1) is 0 Å². The van der Waals surface area contributed by atoms with Gasteiger partial charge in [-0.3, -0.25) is 0 Å². The number of hydrogen-bond donors (Lipinski definition) is 2. The van der Waals surface area contributed by atoms with Crippen LogP contribution in [-0.2, 0) is 19.9 Å². The van der Waals surface area contributed by atoms with Crippen molar-refractivity contribution >= 4 is 28.5 Å². The molecule has 2 aromatic heterocycles. The molecule has 0 unspecified atom stereocenters. The maximum atomic E-state index is 5.72. The van der Waals surface area contributed by atoms with Crippen molar-refractivity contribution in [2.45, 2.75) is 25.8 Å². The number of hydrogen-bond acceptors (Lipinski definition) is 6. The first kappa shape index (κ1) is 24.5. The monoisotopic (exact) mass is 491 g/mol. The highest BCUT2D eigenvalue weighted by Crippen LogP contribution is 2.34. The highest BCUT2D eigenvalue weighted by atomic mass is 15.2. The molecule has 0 amide bonds. The second kappa shape index (κ2) is 10.8. The molecule has 7 nitrogen and oxygen atoms in total. The molecule has 0 aliphatic carbocycles. The normalized spacial score (nSPS) is 12.0. The number of nitrogens with one attached hydrogen (secondary N) is 1. The van der Waals surface area contributed by atoms with Gasteiger partial charge in [-0.05, 0) is 61.2 Å². The van der Waals surface area contributed by atoms with Crippen LogP contribution >= 0.6 is 0 Å². The van der Waals surface area contributed by atoms with Crippen molar-refractivity contribution in [1.82, 2.24) is 19.5 Å². The average Bonchev–Trinajstić information content (AvgIpc) is 3.29. The Morgan fingerprint density at radius 1 is 0.973 bits per heavy atom. The number of nitrogens with two attached hydrogens (primary N) is 1. The first-order valence-corrected chi connectivity index (χ1v) is 12.6. The molecule has 37 heavy (non-hydrogen) atoms. The molecule has 0 aliphatic heterocycles. The van der Waals surface area contributed by atoms with Crippen molar-refractivity contribution in [2.24, 2.45) is 12.8 Å². The highest BCUT2D eigenvalue weighted by Gasteiger charge is 2.15. The number of benzene rings is 3. The Hall–Kier alpha value is -4.23. The Kier molecular flexibility index (Phi) is 7.14. The Morgan fingerprint density at radius 2 is 1.78 bits per heavy atom. The van der Waals surface area contributed by atoms with Crippen LogP contribution in [-0.4, -0.2) is 39.2 Å². The minimum atomic E-state index is 0.171. The van der Waals surface area contributed by atoms with Crippen LogP contribution in [0.1, 0.15) is 18.1 Å². The molecule has 0 bridgehead atoms. The number of anilines is 3. The van der Waals surface area contributed by atoms with Gasteiger partial charge in [0.2, 0.25) is 5.95 Å². The van der Waals surface area contributed by atoms with E-state index in [1.165, 1.54) is 11.1 Å². The van der Waals surface area contributed by atoms with Crippen LogP contribution in [0.5, 0.6) is 0 Å². The van der Waals surface area contributed by atoms with Crippen molar-refractivity contribution in [1.29, 1.82) is 0 Å². The van der Waals surface area contributed by atoms with Gasteiger partial charge >= 0.3 is 0 Å². The molecule has 3 aromatic carbocycles. The number of rotatable bonds is 9. The van der Waals surface area contributed by atoms with Crippen molar-refractivity contribution in [3.8, 4) is 11.1 Å². The van der Waals surface area contributed by atoms with Gasteiger partial charge in [-0.1, -0.05) is 54.6 Å². The Labute approximate surface area is 218 Å². The molecule has 0 spiro atoms. The molecular formula is C30H33N7. The van der Waals surface area contributed by atoms with Gasteiger partial charge in [0.1, 0.15) is 5.82 Å². The number of imidazole rings is 1. The lowest BCUT2D eigenvalue weighted by molar-refractivity contribution is 0.775. The Bertz CT molecular complexity index is 1490. The molecule has 0 radical (unpaired) electrons. The topological polar surface area (TPSA) is 84.9 Å². The molecule has 0 fully saturated rings. The third kappa shape index (κ3) is 5.47. The molecule has 188 valence electrons. The fraction of sp³-hybridized carbons (Fsp3) is 0.233. The maximum absolute atomic E-state index is 5.72. The third-order valence-corrected chi connectivity index (χ3v) is 6.61. The molecule has 7 heteroatoms. The first-order chi connectivity index (χ1) is 18.0. The van der Waals surface area contributed by atoms with E-state index in [1.54, 1.807) is 6.20 Å². The van der Waals surface area contributed by atoms with Crippen molar-refractivity contribution in [3.63, 3.8) is 0 Å². The molecule has 5 aromatic rings. The van der Waals surface area contributed by atoms with Crippen LogP contribution in [0.3, 0.4) is 0 Å². The zero-order valence-corrected chi connectivity index (χ0v) is 21.6. The van der Waals surface area contributed by atoms with E-state index in [-0.39, 0.29) is 6.04 Å². The molecule has 3 N–H and O–H groups in total. The summed E-state index contributed by atoms with van der Waals surface area (Å²) in [6, 6.07) is 25.4. The van der Waals surface area contributed by atoms with Gasteiger partial charge in [0, 0.05) is 37.6 Å². The molecule has 0 saturated heterocycles. The molecule has 0 aliphatic rings. The summed E-state index contributed by atoms with van der Waals surface area (Å²) in [5, 5.41) is 3.47. The van der Waals surface area contributed by atoms with Crippen LogP contribution in [0.2, 0.25) is 0 Å². The van der Waals surface area contributed by atoms with Gasteiger partial charge in [-0.2, -0.15) is 4.98 Å². The predicted octanol–water partition coefficient (Wildman–Crippen LogP) is 5.34. The number of aryl methyl sites for hydroxylation is 1. The van der Waals surface area contributed by atoms with E-state index in [9.17, 15) is 0 Å². The summed E-state index contributed by atoms with van der Waals surface area (Å²) in [5.74, 6) is 1.43. The fourth-order valence-corrected chi connectivity index (χ4v) is 4.69. The summed E-state index contributed by atoms with van der Waals surface area (Å²) in [5.41, 5.74) is 13.6. The molecule has 5 rings (SSSR count). The smallest absolute Gasteiger partial charge is 0.224 e. The van der Waals surface area contributed by atoms with Crippen molar-refractivity contribution < 1.29 is 0 Å². The van der Waals surface area contributed by atoms with Gasteiger partial charge in [-0.25, -0.2) is 9.97 Å². The highest BCUT2D eigenvalue weighted by molar-refractivity contribution is 5.95. The summed E-state index contributed by atoms with van der Waals surface area (Å²) in [4.78, 5) is 16.1. The number of nitrogens with zero attached hydrogens (tertiary/aromatic N) is 5. The lowest BCUT2D eigenvalue weighted by Crippen LogP contribution is -2.21. The van der Waals surface area contributed by atoms with E-state index < -0.39 is 0 Å². The van der Waals surface area contributed by atoms with Gasteiger partial charge in [0.25, 0.3) is 0 Å². The maximum Gasteiger partial charge on any atom is 0.224 e. The largest absolute Gasteiger partial charge is 0.351 e. The van der Waals surface area contributed by atoms with Crippen molar-refractivity contribution in [3.05, 3.63) is 96.4 Å². The van der Waals surface area contributed by atoms with E-state index in [1.807, 2.05) is 32.6 Å². The van der Waals surface area contributed by atoms with E-state index in [4.69, 9.17) is 10.7 Å². The zero-order chi connectivity index (χ0) is 25.8. The van der Waals surface area contributed by atoms with E-state index >= 15 is 0 Å². The lowest BCUT2D eigenvalue weighted by atomic mass is 10.0. The summed E-state index contributed by atoms with van der Waals surface area (Å²) in [7, 11) is 4.05. The Morgan fingerprint density at radius 3 is 2.59 bits per heavy atom. The van der Waals surface area contributed by atoms with Gasteiger partial charge in [-0.15, -0.1) is 0 Å². The second-order valence-corrected chi connectivity index (χ2v) is 9.49. The van der Waals surface area contributed by atoms with Crippen LogP contribution < -0.4 is 16.0 Å². The van der Waals surface area contributed by atoms with Gasteiger partial charge in [0.05, 0.1) is 17.4 Å². The zero-order valence-electron chi connectivity index (χ0n) is 21.6. The molecule has 0 saturated carbocycles. The predicted molar refractivity (Wildman–Crippen MR) is 152 cm³/mol. The summed E-state index contributed by atoms with van der Waals surface area (Å²) in [6.07, 6.45) is 5.43. The summed E-state index contributed by atoms with van der Waals surface area (Å²) < 4.78 is 2.05. The molecule has 1 atom stereocenters. The van der Waals surface area contributed by atoms with E-state index in [2.05, 4.69) is 92.3 Å². The Balaban J connectivity index is 1.39. The standard InChI is InChI=1S/C30H33N7/c1-21(16-23-9-7-8-22(17-23)12-14-31)34-30-32-15-13-28(35-30)37(3)25-18-26(24-10-5-4-6-11-24)29-27(19-25)36(2)20-33-29/h4-11,13,15,17-21H,12,14,16,31H2,1-3H3,(H,32,34,35)/t21-/m0/s1. The lowest BCUT2D eigenvalue weighted by Gasteiger charge is -2.21. The molecule has 2 heterocycles. The minimum absolute atomic E-state index is 0.171. The number of aromatic nitrogens is 4. The molecular weight excluding hydrogens is 458 g/mol. The summed E-state index contributed by atoms with van der Waals surface area (Å²) in [6.45, 7) is 2.81. The van der Waals surface area contributed by atoms with Gasteiger partial charge < -0.3 is 20.5 Å².